The maximum atomic E-state index is 12.2. The largest absolute Gasteiger partial charge is 0.469 e. The van der Waals surface area contributed by atoms with Crippen LogP contribution in [0.4, 0.5) is 4.79 Å². The van der Waals surface area contributed by atoms with E-state index in [0.29, 0.717) is 19.5 Å². The van der Waals surface area contributed by atoms with E-state index >= 15 is 0 Å². The van der Waals surface area contributed by atoms with Crippen molar-refractivity contribution >= 4 is 12.1 Å². The van der Waals surface area contributed by atoms with Crippen LogP contribution in [0.1, 0.15) is 41.0 Å². The summed E-state index contributed by atoms with van der Waals surface area (Å²) in [5.41, 5.74) is -0.545. The molecule has 1 saturated heterocycles. The lowest BCUT2D eigenvalue weighted by atomic mass is 9.94. The maximum absolute atomic E-state index is 12.2. The van der Waals surface area contributed by atoms with E-state index in [1.807, 2.05) is 34.6 Å². The van der Waals surface area contributed by atoms with E-state index in [1.165, 1.54) is 7.11 Å². The van der Waals surface area contributed by atoms with Crippen LogP contribution in [0.5, 0.6) is 0 Å². The molecular formula is C15H28N2O4. The molecular weight excluding hydrogens is 272 g/mol. The Kier molecular flexibility index (Phi) is 6.01. The molecule has 1 N–H and O–H groups in total. The monoisotopic (exact) mass is 300 g/mol. The van der Waals surface area contributed by atoms with Crippen LogP contribution in [-0.2, 0) is 14.3 Å². The second-order valence-corrected chi connectivity index (χ2v) is 6.86. The quantitative estimate of drug-likeness (QED) is 0.805. The number of ether oxygens (including phenoxy) is 2. The number of amides is 1. The first-order valence-electron chi connectivity index (χ1n) is 7.44. The number of nitrogens with one attached hydrogen (secondary N) is 1. The molecule has 2 atom stereocenters. The van der Waals surface area contributed by atoms with E-state index in [1.54, 1.807) is 4.90 Å². The van der Waals surface area contributed by atoms with Crippen LogP contribution in [0.15, 0.2) is 0 Å². The topological polar surface area (TPSA) is 67.9 Å². The van der Waals surface area contributed by atoms with Crippen LogP contribution in [0.25, 0.3) is 0 Å². The normalized spacial score (nSPS) is 23.1. The Morgan fingerprint density at radius 1 is 1.24 bits per heavy atom. The van der Waals surface area contributed by atoms with Gasteiger partial charge in [0.1, 0.15) is 5.60 Å². The van der Waals surface area contributed by atoms with Crippen molar-refractivity contribution < 1.29 is 19.1 Å². The lowest BCUT2D eigenvalue weighted by molar-refractivity contribution is -0.147. The van der Waals surface area contributed by atoms with E-state index < -0.39 is 5.60 Å². The fourth-order valence-corrected chi connectivity index (χ4v) is 2.50. The van der Waals surface area contributed by atoms with Gasteiger partial charge in [-0.05, 0) is 27.2 Å². The van der Waals surface area contributed by atoms with Gasteiger partial charge in [0.15, 0.2) is 0 Å². The zero-order valence-corrected chi connectivity index (χ0v) is 13.9. The first-order chi connectivity index (χ1) is 9.62. The number of hydrogen-bond acceptors (Lipinski definition) is 5. The van der Waals surface area contributed by atoms with Crippen LogP contribution in [0, 0.1) is 5.92 Å². The summed E-state index contributed by atoms with van der Waals surface area (Å²) >= 11 is 0. The van der Waals surface area contributed by atoms with Gasteiger partial charge in [-0.1, -0.05) is 13.8 Å². The first-order valence-corrected chi connectivity index (χ1v) is 7.44. The molecule has 0 aromatic heterocycles. The third-order valence-corrected chi connectivity index (χ3v) is 3.21. The van der Waals surface area contributed by atoms with Crippen LogP contribution < -0.4 is 5.32 Å². The number of carbonyl (C=O) groups is 2. The number of methoxy groups -OCH3 is 1. The Balaban J connectivity index is 2.77. The fourth-order valence-electron chi connectivity index (χ4n) is 2.50. The van der Waals surface area contributed by atoms with E-state index in [2.05, 4.69) is 5.32 Å². The van der Waals surface area contributed by atoms with Gasteiger partial charge in [0.25, 0.3) is 0 Å². The van der Waals surface area contributed by atoms with Gasteiger partial charge < -0.3 is 19.7 Å². The summed E-state index contributed by atoms with van der Waals surface area (Å²) in [5.74, 6) is -0.591. The minimum Gasteiger partial charge on any atom is -0.469 e. The molecule has 122 valence electrons. The van der Waals surface area contributed by atoms with Crippen LogP contribution in [0.2, 0.25) is 0 Å². The SMILES string of the molecule is COC(=O)C1C[C@@H](NC(C)C)CN(C(=O)OC(C)(C)C)C1. The molecule has 0 aromatic rings. The average Bonchev–Trinajstić information content (AvgIpc) is 2.34. The highest BCUT2D eigenvalue weighted by Gasteiger charge is 2.36. The lowest BCUT2D eigenvalue weighted by Gasteiger charge is -2.38. The van der Waals surface area contributed by atoms with Crippen LogP contribution in [0.3, 0.4) is 0 Å². The highest BCUT2D eigenvalue weighted by molar-refractivity contribution is 5.75. The van der Waals surface area contributed by atoms with Crippen molar-refractivity contribution in [3.05, 3.63) is 0 Å². The second kappa shape index (κ2) is 7.11. The molecule has 1 unspecified atom stereocenters. The zero-order chi connectivity index (χ0) is 16.2. The van der Waals surface area contributed by atoms with Gasteiger partial charge in [-0.15, -0.1) is 0 Å². The van der Waals surface area contributed by atoms with E-state index in [-0.39, 0.29) is 30.1 Å². The molecule has 1 fully saturated rings. The number of nitrogens with zero attached hydrogens (tertiary/aromatic N) is 1. The number of rotatable bonds is 3. The highest BCUT2D eigenvalue weighted by Crippen LogP contribution is 2.21. The van der Waals surface area contributed by atoms with Crippen molar-refractivity contribution in [2.75, 3.05) is 20.2 Å². The van der Waals surface area contributed by atoms with Gasteiger partial charge in [0, 0.05) is 25.2 Å². The molecule has 21 heavy (non-hydrogen) atoms. The second-order valence-electron chi connectivity index (χ2n) is 6.86. The van der Waals surface area contributed by atoms with Crippen molar-refractivity contribution in [1.82, 2.24) is 10.2 Å². The predicted octanol–water partition coefficient (Wildman–Crippen LogP) is 1.78. The van der Waals surface area contributed by atoms with Gasteiger partial charge in [-0.3, -0.25) is 4.79 Å². The van der Waals surface area contributed by atoms with Gasteiger partial charge >= 0.3 is 12.1 Å². The molecule has 0 radical (unpaired) electrons. The van der Waals surface area contributed by atoms with Crippen molar-refractivity contribution in [2.24, 2.45) is 5.92 Å². The van der Waals surface area contributed by atoms with Gasteiger partial charge in [-0.2, -0.15) is 0 Å². The zero-order valence-electron chi connectivity index (χ0n) is 13.9. The molecule has 0 spiro atoms. The average molecular weight is 300 g/mol. The van der Waals surface area contributed by atoms with E-state index in [9.17, 15) is 9.59 Å². The van der Waals surface area contributed by atoms with Gasteiger partial charge in [0.2, 0.25) is 0 Å². The summed E-state index contributed by atoms with van der Waals surface area (Å²) in [6.07, 6.45) is 0.288. The number of esters is 1. The summed E-state index contributed by atoms with van der Waals surface area (Å²) in [6.45, 7) is 10.5. The van der Waals surface area contributed by atoms with Crippen molar-refractivity contribution in [2.45, 2.75) is 58.7 Å². The molecule has 0 aliphatic carbocycles. The minimum atomic E-state index is -0.545. The maximum Gasteiger partial charge on any atom is 0.410 e. The van der Waals surface area contributed by atoms with Crippen LogP contribution in [-0.4, -0.2) is 54.8 Å². The van der Waals surface area contributed by atoms with Gasteiger partial charge in [0.05, 0.1) is 13.0 Å². The molecule has 0 aromatic carbocycles. The molecule has 1 heterocycles. The summed E-state index contributed by atoms with van der Waals surface area (Å²) < 4.78 is 10.2. The lowest BCUT2D eigenvalue weighted by Crippen LogP contribution is -2.55. The van der Waals surface area contributed by atoms with Crippen molar-refractivity contribution in [3.8, 4) is 0 Å². The molecule has 0 bridgehead atoms. The third-order valence-electron chi connectivity index (χ3n) is 3.21. The Morgan fingerprint density at radius 2 is 1.86 bits per heavy atom. The fraction of sp³-hybridized carbons (Fsp3) is 0.867. The van der Waals surface area contributed by atoms with Crippen molar-refractivity contribution in [3.63, 3.8) is 0 Å². The molecule has 6 nitrogen and oxygen atoms in total. The standard InChI is InChI=1S/C15H28N2O4/c1-10(2)16-12-7-11(13(18)20-6)8-17(9-12)14(19)21-15(3,4)5/h10-12,16H,7-9H2,1-6H3/t11?,12-/m1/s1. The van der Waals surface area contributed by atoms with E-state index in [0.717, 1.165) is 0 Å². The molecule has 1 aliphatic heterocycles. The summed E-state index contributed by atoms with van der Waals surface area (Å²) in [4.78, 5) is 25.6. The van der Waals surface area contributed by atoms with Crippen LogP contribution >= 0.6 is 0 Å². The Hall–Kier alpha value is -1.30. The molecule has 1 aliphatic rings. The van der Waals surface area contributed by atoms with E-state index in [4.69, 9.17) is 9.47 Å². The smallest absolute Gasteiger partial charge is 0.410 e. The Morgan fingerprint density at radius 3 is 2.33 bits per heavy atom. The highest BCUT2D eigenvalue weighted by atomic mass is 16.6. The molecule has 0 saturated carbocycles. The molecule has 1 rings (SSSR count). The van der Waals surface area contributed by atoms with Crippen molar-refractivity contribution in [1.29, 1.82) is 0 Å². The first kappa shape index (κ1) is 17.8. The van der Waals surface area contributed by atoms with Gasteiger partial charge in [-0.25, -0.2) is 4.79 Å². The molecule has 1 amide bonds. The molecule has 6 heteroatoms. The minimum absolute atomic E-state index is 0.0652. The Bertz CT molecular complexity index is 376. The third kappa shape index (κ3) is 5.91. The Labute approximate surface area is 127 Å². The summed E-state index contributed by atoms with van der Waals surface area (Å²) in [7, 11) is 1.37. The predicted molar refractivity (Wildman–Crippen MR) is 80.0 cm³/mol. The number of piperidine rings is 1. The number of carbonyl (C=O) groups excluding carboxylic acids is 2. The summed E-state index contributed by atoms with van der Waals surface area (Å²) in [5, 5.41) is 3.38. The number of likely N-dealkylation sites (tertiary alicyclic amines) is 1. The summed E-state index contributed by atoms with van der Waals surface area (Å²) in [6, 6.07) is 0.349. The number of hydrogen-bond donors (Lipinski definition) is 1.